The Morgan fingerprint density at radius 1 is 1.36 bits per heavy atom. The Balaban J connectivity index is 1.57. The predicted octanol–water partition coefficient (Wildman–Crippen LogP) is 1.52. The average molecular weight is 298 g/mol. The number of para-hydroxylation sites is 1. The monoisotopic (exact) mass is 298 g/mol. The summed E-state index contributed by atoms with van der Waals surface area (Å²) in [6, 6.07) is 9.32. The maximum Gasteiger partial charge on any atom is 0.228 e. The molecule has 1 atom stereocenters. The number of nitrogens with zero attached hydrogens (tertiary/aromatic N) is 2. The molecular formula is C16H18N4O2. The molecule has 2 aromatic rings. The van der Waals surface area contributed by atoms with E-state index in [4.69, 9.17) is 0 Å². The third-order valence-corrected chi connectivity index (χ3v) is 3.74. The lowest BCUT2D eigenvalue weighted by Gasteiger charge is -2.24. The Kier molecular flexibility index (Phi) is 4.18. The number of carbonyl (C=O) groups excluding carboxylic acids is 2. The van der Waals surface area contributed by atoms with Crippen molar-refractivity contribution in [2.45, 2.75) is 25.3 Å². The van der Waals surface area contributed by atoms with Crippen LogP contribution in [0.4, 0.5) is 5.69 Å². The quantitative estimate of drug-likeness (QED) is 0.822. The van der Waals surface area contributed by atoms with E-state index in [1.165, 1.54) is 0 Å². The van der Waals surface area contributed by atoms with Crippen LogP contribution in [0.2, 0.25) is 0 Å². The van der Waals surface area contributed by atoms with Gasteiger partial charge in [0.15, 0.2) is 0 Å². The van der Waals surface area contributed by atoms with Crippen molar-refractivity contribution in [1.29, 1.82) is 0 Å². The van der Waals surface area contributed by atoms with E-state index in [-0.39, 0.29) is 18.2 Å². The first-order chi connectivity index (χ1) is 10.7. The molecule has 3 rings (SSSR count). The number of carbonyl (C=O) groups is 2. The summed E-state index contributed by atoms with van der Waals surface area (Å²) in [5.74, 6) is -0.618. The highest BCUT2D eigenvalue weighted by atomic mass is 16.2. The number of fused-ring (bicyclic) bond motifs is 1. The molecule has 0 radical (unpaired) electrons. The lowest BCUT2D eigenvalue weighted by Crippen LogP contribution is -2.35. The molecule has 0 bridgehead atoms. The van der Waals surface area contributed by atoms with Crippen molar-refractivity contribution in [3.8, 4) is 0 Å². The van der Waals surface area contributed by atoms with Gasteiger partial charge in [0.05, 0.1) is 5.92 Å². The summed E-state index contributed by atoms with van der Waals surface area (Å²) in [5.41, 5.74) is 1.61. The lowest BCUT2D eigenvalue weighted by molar-refractivity contribution is -0.126. The first kappa shape index (κ1) is 14.3. The number of aromatic nitrogens is 2. The fourth-order valence-corrected chi connectivity index (χ4v) is 2.65. The zero-order valence-corrected chi connectivity index (χ0v) is 12.2. The molecular weight excluding hydrogens is 280 g/mol. The molecule has 1 aliphatic rings. The number of benzene rings is 1. The van der Waals surface area contributed by atoms with Crippen LogP contribution in [0.1, 0.15) is 24.3 Å². The molecule has 6 heteroatoms. The maximum absolute atomic E-state index is 12.4. The minimum Gasteiger partial charge on any atom is -0.355 e. The molecule has 2 heterocycles. The number of rotatable bonds is 5. The number of hydrogen-bond acceptors (Lipinski definition) is 3. The Labute approximate surface area is 128 Å². The molecule has 0 spiro atoms. The van der Waals surface area contributed by atoms with E-state index in [2.05, 4.69) is 15.7 Å². The first-order valence-electron chi connectivity index (χ1n) is 7.38. The highest BCUT2D eigenvalue weighted by Crippen LogP contribution is 2.31. The second-order valence-electron chi connectivity index (χ2n) is 5.31. The van der Waals surface area contributed by atoms with Gasteiger partial charge in [0.2, 0.25) is 11.8 Å². The van der Waals surface area contributed by atoms with E-state index in [1.54, 1.807) is 6.20 Å². The van der Waals surface area contributed by atoms with Crippen molar-refractivity contribution >= 4 is 17.5 Å². The van der Waals surface area contributed by atoms with Crippen molar-refractivity contribution in [3.05, 3.63) is 48.3 Å². The second-order valence-corrected chi connectivity index (χ2v) is 5.31. The first-order valence-corrected chi connectivity index (χ1v) is 7.38. The molecule has 1 aromatic carbocycles. The summed E-state index contributed by atoms with van der Waals surface area (Å²) in [4.78, 5) is 24.1. The van der Waals surface area contributed by atoms with E-state index in [0.717, 1.165) is 24.2 Å². The van der Waals surface area contributed by atoms with Crippen LogP contribution in [0, 0.1) is 0 Å². The van der Waals surface area contributed by atoms with Gasteiger partial charge in [0, 0.05) is 37.6 Å². The number of hydrogen-bond donors (Lipinski definition) is 2. The number of nitrogens with one attached hydrogen (secondary N) is 2. The highest BCUT2D eigenvalue weighted by Gasteiger charge is 2.29. The van der Waals surface area contributed by atoms with Crippen LogP contribution in [-0.2, 0) is 16.1 Å². The normalized spacial score (nSPS) is 16.7. The van der Waals surface area contributed by atoms with Gasteiger partial charge in [-0.15, -0.1) is 0 Å². The molecule has 0 saturated heterocycles. The summed E-state index contributed by atoms with van der Waals surface area (Å²) >= 11 is 0. The van der Waals surface area contributed by atoms with Crippen LogP contribution >= 0.6 is 0 Å². The van der Waals surface area contributed by atoms with E-state index < -0.39 is 5.92 Å². The minimum atomic E-state index is -0.408. The van der Waals surface area contributed by atoms with Gasteiger partial charge in [0.25, 0.3) is 0 Å². The largest absolute Gasteiger partial charge is 0.355 e. The third-order valence-electron chi connectivity index (χ3n) is 3.74. The van der Waals surface area contributed by atoms with E-state index in [1.807, 2.05) is 41.2 Å². The Morgan fingerprint density at radius 3 is 3.05 bits per heavy atom. The Bertz CT molecular complexity index is 667. The van der Waals surface area contributed by atoms with Gasteiger partial charge in [-0.2, -0.15) is 5.10 Å². The molecule has 0 saturated carbocycles. The standard InChI is InChI=1S/C16H18N4O2/c21-15-11-13(12-5-1-2-6-14(12)19-15)16(22)17-7-3-9-20-10-4-8-18-20/h1-2,4-6,8,10,13H,3,7,9,11H2,(H,17,22)(H,19,21)/t13-/m0/s1. The highest BCUT2D eigenvalue weighted by molar-refractivity contribution is 6.01. The van der Waals surface area contributed by atoms with Crippen LogP contribution in [0.5, 0.6) is 0 Å². The van der Waals surface area contributed by atoms with Crippen LogP contribution in [0.25, 0.3) is 0 Å². The smallest absolute Gasteiger partial charge is 0.228 e. The van der Waals surface area contributed by atoms with Crippen molar-refractivity contribution in [1.82, 2.24) is 15.1 Å². The lowest BCUT2D eigenvalue weighted by atomic mass is 9.90. The molecule has 2 N–H and O–H groups in total. The molecule has 1 aliphatic heterocycles. The summed E-state index contributed by atoms with van der Waals surface area (Å²) in [5, 5.41) is 9.83. The third kappa shape index (κ3) is 3.16. The summed E-state index contributed by atoms with van der Waals surface area (Å²) in [7, 11) is 0. The number of anilines is 1. The van der Waals surface area contributed by atoms with Gasteiger partial charge >= 0.3 is 0 Å². The Morgan fingerprint density at radius 2 is 2.23 bits per heavy atom. The van der Waals surface area contributed by atoms with Gasteiger partial charge < -0.3 is 10.6 Å². The van der Waals surface area contributed by atoms with Gasteiger partial charge in [0.1, 0.15) is 0 Å². The van der Waals surface area contributed by atoms with Crippen LogP contribution in [-0.4, -0.2) is 28.1 Å². The fourth-order valence-electron chi connectivity index (χ4n) is 2.65. The topological polar surface area (TPSA) is 76.0 Å². The SMILES string of the molecule is O=C1C[C@H](C(=O)NCCCn2cccn2)c2ccccc2N1. The van der Waals surface area contributed by atoms with Crippen LogP contribution in [0.3, 0.4) is 0 Å². The van der Waals surface area contributed by atoms with Crippen LogP contribution < -0.4 is 10.6 Å². The van der Waals surface area contributed by atoms with Gasteiger partial charge in [-0.25, -0.2) is 0 Å². The fraction of sp³-hybridized carbons (Fsp3) is 0.312. The molecule has 0 unspecified atom stereocenters. The predicted molar refractivity (Wildman–Crippen MR) is 82.3 cm³/mol. The van der Waals surface area contributed by atoms with Gasteiger partial charge in [-0.3, -0.25) is 14.3 Å². The molecule has 22 heavy (non-hydrogen) atoms. The molecule has 0 fully saturated rings. The zero-order chi connectivity index (χ0) is 15.4. The van der Waals surface area contributed by atoms with Crippen molar-refractivity contribution in [2.75, 3.05) is 11.9 Å². The average Bonchev–Trinajstić information content (AvgIpc) is 3.04. The van der Waals surface area contributed by atoms with Crippen molar-refractivity contribution in [2.24, 2.45) is 0 Å². The van der Waals surface area contributed by atoms with E-state index >= 15 is 0 Å². The van der Waals surface area contributed by atoms with Crippen molar-refractivity contribution < 1.29 is 9.59 Å². The molecule has 2 amide bonds. The molecule has 6 nitrogen and oxygen atoms in total. The summed E-state index contributed by atoms with van der Waals surface area (Å²) < 4.78 is 1.83. The summed E-state index contributed by atoms with van der Waals surface area (Å²) in [6.45, 7) is 1.33. The molecule has 1 aromatic heterocycles. The van der Waals surface area contributed by atoms with Gasteiger partial charge in [-0.05, 0) is 24.1 Å². The minimum absolute atomic E-state index is 0.0947. The maximum atomic E-state index is 12.4. The van der Waals surface area contributed by atoms with E-state index in [0.29, 0.717) is 6.54 Å². The van der Waals surface area contributed by atoms with Crippen molar-refractivity contribution in [3.63, 3.8) is 0 Å². The van der Waals surface area contributed by atoms with Gasteiger partial charge in [-0.1, -0.05) is 18.2 Å². The molecule has 0 aliphatic carbocycles. The number of aryl methyl sites for hydroxylation is 1. The Hall–Kier alpha value is -2.63. The van der Waals surface area contributed by atoms with Crippen LogP contribution in [0.15, 0.2) is 42.7 Å². The number of amides is 2. The zero-order valence-electron chi connectivity index (χ0n) is 12.2. The van der Waals surface area contributed by atoms with E-state index in [9.17, 15) is 9.59 Å². The second kappa shape index (κ2) is 6.43. The molecule has 114 valence electrons. The summed E-state index contributed by atoms with van der Waals surface area (Å²) in [6.07, 6.45) is 4.62.